The van der Waals surface area contributed by atoms with E-state index in [4.69, 9.17) is 15.2 Å². The molecule has 1 fully saturated rings. The number of H-pyrrole nitrogens is 1. The molecule has 0 aliphatic carbocycles. The van der Waals surface area contributed by atoms with Crippen molar-refractivity contribution in [3.63, 3.8) is 0 Å². The standard InChI is InChI=1S/C34H43FN8O5/c1-4-6-18-48-33-38-31(36)30-32(39-33)43(34(46)37-30)27-21-40(16-17-42(27)26-13-11-25(35)12-14-26)22-28(44)41(15-5-2)20-24-9-7-23(8-10-24)19-29(45)47-3/h7-14,27H,4-6,15-22H2,1-3H3,(H,37,46)(H2,36,38,39). The van der Waals surface area contributed by atoms with Crippen molar-refractivity contribution in [2.24, 2.45) is 0 Å². The van der Waals surface area contributed by atoms with E-state index < -0.39 is 11.9 Å². The van der Waals surface area contributed by atoms with Crippen LogP contribution in [0.4, 0.5) is 15.9 Å². The van der Waals surface area contributed by atoms with Crippen molar-refractivity contribution in [1.29, 1.82) is 0 Å². The van der Waals surface area contributed by atoms with Crippen LogP contribution in [0, 0.1) is 5.82 Å². The number of unbranched alkanes of at least 4 members (excludes halogenated alkanes) is 1. The molecule has 3 N–H and O–H groups in total. The molecule has 1 aliphatic heterocycles. The molecule has 1 aliphatic rings. The van der Waals surface area contributed by atoms with E-state index in [1.165, 1.54) is 23.8 Å². The quantitative estimate of drug-likeness (QED) is 0.152. The number of nitrogens with two attached hydrogens (primary N) is 1. The number of carbonyl (C=O) groups excluding carboxylic acids is 2. The summed E-state index contributed by atoms with van der Waals surface area (Å²) in [6.07, 6.45) is 2.08. The van der Waals surface area contributed by atoms with Crippen LogP contribution in [0.25, 0.3) is 11.2 Å². The van der Waals surface area contributed by atoms with Crippen LogP contribution in [0.5, 0.6) is 6.01 Å². The number of aromatic amines is 1. The van der Waals surface area contributed by atoms with E-state index in [2.05, 4.69) is 15.0 Å². The van der Waals surface area contributed by atoms with Gasteiger partial charge in [-0.25, -0.2) is 9.18 Å². The van der Waals surface area contributed by atoms with Gasteiger partial charge in [0, 0.05) is 38.4 Å². The minimum Gasteiger partial charge on any atom is -0.469 e. The van der Waals surface area contributed by atoms with Crippen LogP contribution in [0.15, 0.2) is 53.3 Å². The third kappa shape index (κ3) is 8.11. The number of hydrogen-bond donors (Lipinski definition) is 2. The minimum atomic E-state index is -0.613. The largest absolute Gasteiger partial charge is 0.469 e. The summed E-state index contributed by atoms with van der Waals surface area (Å²) in [6.45, 7) is 6.88. The third-order valence-corrected chi connectivity index (χ3v) is 8.38. The Morgan fingerprint density at radius 2 is 1.77 bits per heavy atom. The number of nitrogens with zero attached hydrogens (tertiary/aromatic N) is 6. The first-order valence-corrected chi connectivity index (χ1v) is 16.3. The lowest BCUT2D eigenvalue weighted by molar-refractivity contribution is -0.139. The first kappa shape index (κ1) is 34.4. The minimum absolute atomic E-state index is 0.0473. The maximum atomic E-state index is 13.9. The third-order valence-electron chi connectivity index (χ3n) is 8.38. The van der Waals surface area contributed by atoms with E-state index in [1.807, 2.05) is 52.8 Å². The van der Waals surface area contributed by atoms with Crippen LogP contribution in [0.1, 0.15) is 50.4 Å². The van der Waals surface area contributed by atoms with Crippen LogP contribution in [-0.2, 0) is 27.3 Å². The van der Waals surface area contributed by atoms with Gasteiger partial charge in [-0.1, -0.05) is 44.5 Å². The fourth-order valence-corrected chi connectivity index (χ4v) is 5.84. The number of ether oxygens (including phenoxy) is 2. The van der Waals surface area contributed by atoms with Crippen molar-refractivity contribution in [1.82, 2.24) is 29.3 Å². The average molecular weight is 663 g/mol. The molecule has 1 unspecified atom stereocenters. The lowest BCUT2D eigenvalue weighted by Crippen LogP contribution is -2.54. The van der Waals surface area contributed by atoms with E-state index in [-0.39, 0.29) is 48.1 Å². The second kappa shape index (κ2) is 15.7. The van der Waals surface area contributed by atoms with Gasteiger partial charge in [0.2, 0.25) is 5.91 Å². The summed E-state index contributed by atoms with van der Waals surface area (Å²) < 4.78 is 25.9. The highest BCUT2D eigenvalue weighted by Gasteiger charge is 2.33. The summed E-state index contributed by atoms with van der Waals surface area (Å²) in [4.78, 5) is 56.4. The Bertz CT molecular complexity index is 1760. The number of aromatic nitrogens is 4. The Kier molecular flexibility index (Phi) is 11.3. The summed E-state index contributed by atoms with van der Waals surface area (Å²) in [5, 5.41) is 0. The maximum absolute atomic E-state index is 13.9. The van der Waals surface area contributed by atoms with Gasteiger partial charge in [0.05, 0.1) is 26.7 Å². The lowest BCUT2D eigenvalue weighted by atomic mass is 10.1. The molecule has 13 nitrogen and oxygen atoms in total. The first-order valence-electron chi connectivity index (χ1n) is 16.3. The van der Waals surface area contributed by atoms with E-state index in [9.17, 15) is 18.8 Å². The molecule has 256 valence electrons. The molecule has 0 spiro atoms. The predicted molar refractivity (Wildman–Crippen MR) is 180 cm³/mol. The molecular formula is C34H43FN8O5. The molecule has 2 aromatic carbocycles. The Labute approximate surface area is 278 Å². The van der Waals surface area contributed by atoms with Crippen LogP contribution in [-0.4, -0.2) is 87.6 Å². The van der Waals surface area contributed by atoms with Gasteiger partial charge in [-0.2, -0.15) is 9.97 Å². The molecule has 3 heterocycles. The van der Waals surface area contributed by atoms with E-state index in [0.29, 0.717) is 44.8 Å². The van der Waals surface area contributed by atoms with Crippen molar-refractivity contribution in [2.75, 3.05) is 57.1 Å². The molecule has 48 heavy (non-hydrogen) atoms. The highest BCUT2D eigenvalue weighted by atomic mass is 19.1. The number of amides is 1. The fraction of sp³-hybridized carbons (Fsp3) is 0.441. The van der Waals surface area contributed by atoms with Crippen molar-refractivity contribution in [3.8, 4) is 6.01 Å². The van der Waals surface area contributed by atoms with Gasteiger partial charge in [0.15, 0.2) is 11.5 Å². The van der Waals surface area contributed by atoms with Gasteiger partial charge in [-0.3, -0.25) is 19.1 Å². The Balaban J connectivity index is 1.40. The van der Waals surface area contributed by atoms with Crippen molar-refractivity contribution >= 4 is 34.5 Å². The number of imidazole rings is 1. The smallest absolute Gasteiger partial charge is 0.329 e. The molecular weight excluding hydrogens is 619 g/mol. The van der Waals surface area contributed by atoms with E-state index >= 15 is 0 Å². The van der Waals surface area contributed by atoms with Gasteiger partial charge in [-0.15, -0.1) is 0 Å². The van der Waals surface area contributed by atoms with E-state index in [1.54, 1.807) is 12.1 Å². The number of benzene rings is 2. The molecule has 2 aromatic heterocycles. The van der Waals surface area contributed by atoms with Crippen LogP contribution < -0.4 is 21.1 Å². The summed E-state index contributed by atoms with van der Waals surface area (Å²) in [5.74, 6) is -0.636. The monoisotopic (exact) mass is 662 g/mol. The van der Waals surface area contributed by atoms with Crippen molar-refractivity contribution in [3.05, 3.63) is 76.0 Å². The number of methoxy groups -OCH3 is 1. The molecule has 4 aromatic rings. The van der Waals surface area contributed by atoms with Gasteiger partial charge in [0.1, 0.15) is 17.5 Å². The number of fused-ring (bicyclic) bond motifs is 1. The highest BCUT2D eigenvalue weighted by Crippen LogP contribution is 2.30. The summed E-state index contributed by atoms with van der Waals surface area (Å²) in [5.41, 5.74) is 8.88. The van der Waals surface area contributed by atoms with Gasteiger partial charge >= 0.3 is 17.7 Å². The van der Waals surface area contributed by atoms with Gasteiger partial charge in [0.25, 0.3) is 0 Å². The number of anilines is 2. The van der Waals surface area contributed by atoms with Crippen LogP contribution >= 0.6 is 0 Å². The van der Waals surface area contributed by atoms with Gasteiger partial charge in [-0.05, 0) is 48.2 Å². The predicted octanol–water partition coefficient (Wildman–Crippen LogP) is 3.49. The Morgan fingerprint density at radius 1 is 1.04 bits per heavy atom. The molecule has 5 rings (SSSR count). The normalized spacial score (nSPS) is 15.1. The van der Waals surface area contributed by atoms with Crippen LogP contribution in [0.2, 0.25) is 0 Å². The molecule has 14 heteroatoms. The molecule has 0 bridgehead atoms. The first-order chi connectivity index (χ1) is 23.2. The summed E-state index contributed by atoms with van der Waals surface area (Å²) >= 11 is 0. The molecule has 0 saturated carbocycles. The average Bonchev–Trinajstić information content (AvgIpc) is 3.41. The second-order valence-electron chi connectivity index (χ2n) is 11.9. The summed E-state index contributed by atoms with van der Waals surface area (Å²) in [6, 6.07) is 13.8. The number of hydrogen-bond acceptors (Lipinski definition) is 10. The number of esters is 1. The highest BCUT2D eigenvalue weighted by molar-refractivity contribution is 5.82. The Morgan fingerprint density at radius 3 is 2.46 bits per heavy atom. The number of nitrogen functional groups attached to an aromatic ring is 1. The van der Waals surface area contributed by atoms with Crippen LogP contribution in [0.3, 0.4) is 0 Å². The van der Waals surface area contributed by atoms with Gasteiger partial charge < -0.3 is 30.0 Å². The second-order valence-corrected chi connectivity index (χ2v) is 11.9. The molecule has 1 amide bonds. The molecule has 1 saturated heterocycles. The zero-order chi connectivity index (χ0) is 34.2. The number of piperazine rings is 1. The van der Waals surface area contributed by atoms with Crippen molar-refractivity contribution < 1.29 is 23.5 Å². The zero-order valence-corrected chi connectivity index (χ0v) is 27.7. The molecule has 1 atom stereocenters. The fourth-order valence-electron chi connectivity index (χ4n) is 5.84. The number of carbonyl (C=O) groups is 2. The SMILES string of the molecule is CCCCOc1nc(N)c2[nH]c(=O)n(C3CN(CC(=O)N(CCC)Cc4ccc(CC(=O)OC)cc4)CCN3c3ccc(F)cc3)c2n1. The summed E-state index contributed by atoms with van der Waals surface area (Å²) in [7, 11) is 1.36. The van der Waals surface area contributed by atoms with Crippen molar-refractivity contribution in [2.45, 2.75) is 52.2 Å². The molecule has 0 radical (unpaired) electrons. The maximum Gasteiger partial charge on any atom is 0.329 e. The lowest BCUT2D eigenvalue weighted by Gasteiger charge is -2.43. The number of halogens is 1. The topological polar surface area (TPSA) is 152 Å². The number of rotatable bonds is 14. The number of nitrogens with one attached hydrogen (secondary N) is 1. The Hall–Kier alpha value is -4.98. The van der Waals surface area contributed by atoms with E-state index in [0.717, 1.165) is 36.1 Å². The zero-order valence-electron chi connectivity index (χ0n) is 27.7.